The first kappa shape index (κ1) is 17.7. The fourth-order valence-electron chi connectivity index (χ4n) is 3.89. The number of aromatic nitrogens is 1. The van der Waals surface area contributed by atoms with E-state index in [1.54, 1.807) is 6.20 Å². The number of anilines is 1. The number of hydrogen-bond donors (Lipinski definition) is 2. The van der Waals surface area contributed by atoms with Crippen molar-refractivity contribution in [1.82, 2.24) is 15.2 Å². The van der Waals surface area contributed by atoms with Gasteiger partial charge in [0.15, 0.2) is 0 Å². The number of urea groups is 1. The van der Waals surface area contributed by atoms with E-state index in [1.807, 2.05) is 30.5 Å². The van der Waals surface area contributed by atoms with Crippen LogP contribution < -0.4 is 10.6 Å². The molecule has 1 heterocycles. The maximum absolute atomic E-state index is 12.4. The molecule has 2 N–H and O–H groups in total. The molecule has 3 rings (SSSR count). The number of amides is 2. The molecule has 0 bridgehead atoms. The van der Waals surface area contributed by atoms with Crippen LogP contribution in [0.4, 0.5) is 10.5 Å². The van der Waals surface area contributed by atoms with Gasteiger partial charge in [0.1, 0.15) is 0 Å². The molecule has 2 amide bonds. The molecule has 1 aliphatic rings. The van der Waals surface area contributed by atoms with E-state index in [9.17, 15) is 4.79 Å². The van der Waals surface area contributed by atoms with Crippen LogP contribution in [0.15, 0.2) is 36.7 Å². The lowest BCUT2D eigenvalue weighted by molar-refractivity contribution is 0.167. The molecule has 0 radical (unpaired) electrons. The minimum Gasteiger partial charge on any atom is -0.336 e. The van der Waals surface area contributed by atoms with Gasteiger partial charge in [-0.25, -0.2) is 4.79 Å². The zero-order valence-corrected chi connectivity index (χ0v) is 15.2. The molecule has 0 unspecified atom stereocenters. The largest absolute Gasteiger partial charge is 0.336 e. The second kappa shape index (κ2) is 8.30. The molecule has 0 saturated heterocycles. The Morgan fingerprint density at radius 1 is 1.24 bits per heavy atom. The molecule has 1 atom stereocenters. The van der Waals surface area contributed by atoms with Crippen LogP contribution in [0.25, 0.3) is 10.8 Å². The molecule has 1 aromatic heterocycles. The summed E-state index contributed by atoms with van der Waals surface area (Å²) < 4.78 is 0. The second-order valence-electron chi connectivity index (χ2n) is 7.17. The first-order valence-corrected chi connectivity index (χ1v) is 9.19. The van der Waals surface area contributed by atoms with Crippen LogP contribution in [0.1, 0.15) is 32.1 Å². The van der Waals surface area contributed by atoms with Crippen molar-refractivity contribution >= 4 is 22.5 Å². The highest BCUT2D eigenvalue weighted by Gasteiger charge is 2.25. The Bertz CT molecular complexity index is 704. The number of pyridine rings is 1. The van der Waals surface area contributed by atoms with Crippen molar-refractivity contribution in [3.05, 3.63) is 36.7 Å². The molecule has 1 saturated carbocycles. The third kappa shape index (κ3) is 4.48. The van der Waals surface area contributed by atoms with Gasteiger partial charge in [-0.1, -0.05) is 31.4 Å². The average Bonchev–Trinajstić information content (AvgIpc) is 2.63. The van der Waals surface area contributed by atoms with Crippen molar-refractivity contribution in [3.63, 3.8) is 0 Å². The molecule has 5 heteroatoms. The van der Waals surface area contributed by atoms with Crippen molar-refractivity contribution < 1.29 is 4.79 Å². The van der Waals surface area contributed by atoms with Crippen LogP contribution in [0.5, 0.6) is 0 Å². The molecule has 25 heavy (non-hydrogen) atoms. The lowest BCUT2D eigenvalue weighted by Gasteiger charge is -2.35. The van der Waals surface area contributed by atoms with Gasteiger partial charge in [-0.05, 0) is 45.0 Å². The van der Waals surface area contributed by atoms with E-state index in [0.29, 0.717) is 18.5 Å². The summed E-state index contributed by atoms with van der Waals surface area (Å²) in [5, 5.41) is 8.08. The number of rotatable bonds is 5. The predicted octanol–water partition coefficient (Wildman–Crippen LogP) is 3.87. The summed E-state index contributed by atoms with van der Waals surface area (Å²) in [7, 11) is 4.22. The molecule has 0 spiro atoms. The Morgan fingerprint density at radius 3 is 2.80 bits per heavy atom. The highest BCUT2D eigenvalue weighted by atomic mass is 16.2. The van der Waals surface area contributed by atoms with E-state index >= 15 is 0 Å². The standard InChI is InChI=1S/C20H28N4O/c1-24(2)19(15-7-4-3-5-8-15)14-22-20(25)23-18-10-6-9-16-13-21-12-11-17(16)18/h6,9-13,15,19H,3-5,7-8,14H2,1-2H3,(H2,22,23,25)/t19-/m1/s1. The van der Waals surface area contributed by atoms with Gasteiger partial charge in [-0.2, -0.15) is 0 Å². The molecular weight excluding hydrogens is 312 g/mol. The molecule has 134 valence electrons. The molecule has 5 nitrogen and oxygen atoms in total. The maximum Gasteiger partial charge on any atom is 0.319 e. The summed E-state index contributed by atoms with van der Waals surface area (Å²) in [6.07, 6.45) is 10.1. The Balaban J connectivity index is 1.61. The van der Waals surface area contributed by atoms with Crippen molar-refractivity contribution in [2.24, 2.45) is 5.92 Å². The lowest BCUT2D eigenvalue weighted by atomic mass is 9.83. The fourth-order valence-corrected chi connectivity index (χ4v) is 3.89. The summed E-state index contributed by atoms with van der Waals surface area (Å²) in [4.78, 5) is 18.8. The number of nitrogens with one attached hydrogen (secondary N) is 2. The third-order valence-electron chi connectivity index (χ3n) is 5.26. The zero-order chi connectivity index (χ0) is 17.6. The first-order valence-electron chi connectivity index (χ1n) is 9.19. The molecule has 1 aliphatic carbocycles. The quantitative estimate of drug-likeness (QED) is 0.869. The van der Waals surface area contributed by atoms with E-state index in [-0.39, 0.29) is 6.03 Å². The van der Waals surface area contributed by atoms with Crippen LogP contribution in [0, 0.1) is 5.92 Å². The summed E-state index contributed by atoms with van der Waals surface area (Å²) in [6, 6.07) is 8.03. The van der Waals surface area contributed by atoms with E-state index in [2.05, 4.69) is 34.6 Å². The zero-order valence-electron chi connectivity index (χ0n) is 15.2. The van der Waals surface area contributed by atoms with E-state index in [4.69, 9.17) is 0 Å². The van der Waals surface area contributed by atoms with Gasteiger partial charge in [0.05, 0.1) is 5.69 Å². The van der Waals surface area contributed by atoms with Crippen molar-refractivity contribution in [2.45, 2.75) is 38.1 Å². The first-order chi connectivity index (χ1) is 12.1. The van der Waals surface area contributed by atoms with Gasteiger partial charge in [0, 0.05) is 35.8 Å². The molecule has 0 aliphatic heterocycles. The fraction of sp³-hybridized carbons (Fsp3) is 0.500. The number of hydrogen-bond acceptors (Lipinski definition) is 3. The highest BCUT2D eigenvalue weighted by Crippen LogP contribution is 2.28. The van der Waals surface area contributed by atoms with Gasteiger partial charge >= 0.3 is 6.03 Å². The van der Waals surface area contributed by atoms with Gasteiger partial charge in [-0.3, -0.25) is 4.98 Å². The van der Waals surface area contributed by atoms with E-state index in [1.165, 1.54) is 32.1 Å². The third-order valence-corrected chi connectivity index (χ3v) is 5.26. The topological polar surface area (TPSA) is 57.3 Å². The van der Waals surface area contributed by atoms with Crippen LogP contribution >= 0.6 is 0 Å². The number of fused-ring (bicyclic) bond motifs is 1. The Hall–Kier alpha value is -2.14. The SMILES string of the molecule is CN(C)[C@H](CNC(=O)Nc1cccc2cnccc12)C1CCCCC1. The van der Waals surface area contributed by atoms with Crippen LogP contribution in [-0.2, 0) is 0 Å². The number of likely N-dealkylation sites (N-methyl/N-ethyl adjacent to an activating group) is 1. The Labute approximate surface area is 149 Å². The average molecular weight is 340 g/mol. The van der Waals surface area contributed by atoms with Gasteiger partial charge in [0.2, 0.25) is 0 Å². The lowest BCUT2D eigenvalue weighted by Crippen LogP contribution is -2.46. The predicted molar refractivity (Wildman–Crippen MR) is 103 cm³/mol. The minimum absolute atomic E-state index is 0.146. The summed E-state index contributed by atoms with van der Waals surface area (Å²) in [5.74, 6) is 0.674. The molecule has 1 aromatic carbocycles. The smallest absolute Gasteiger partial charge is 0.319 e. The molecular formula is C20H28N4O. The van der Waals surface area contributed by atoms with Crippen LogP contribution in [-0.4, -0.2) is 42.6 Å². The van der Waals surface area contributed by atoms with Crippen molar-refractivity contribution in [3.8, 4) is 0 Å². The minimum atomic E-state index is -0.146. The highest BCUT2D eigenvalue weighted by molar-refractivity contribution is 6.01. The van der Waals surface area contributed by atoms with Crippen LogP contribution in [0.3, 0.4) is 0 Å². The number of benzene rings is 1. The van der Waals surface area contributed by atoms with E-state index in [0.717, 1.165) is 16.5 Å². The number of nitrogens with zero attached hydrogens (tertiary/aromatic N) is 2. The van der Waals surface area contributed by atoms with Crippen LogP contribution in [0.2, 0.25) is 0 Å². The van der Waals surface area contributed by atoms with Crippen molar-refractivity contribution in [2.75, 3.05) is 26.0 Å². The Morgan fingerprint density at radius 2 is 2.04 bits per heavy atom. The normalized spacial score (nSPS) is 16.8. The Kier molecular flexibility index (Phi) is 5.87. The molecule has 1 fully saturated rings. The van der Waals surface area contributed by atoms with Gasteiger partial charge in [-0.15, -0.1) is 0 Å². The number of carbonyl (C=O) groups excluding carboxylic acids is 1. The summed E-state index contributed by atoms with van der Waals surface area (Å²) in [5.41, 5.74) is 0.816. The molecule has 2 aromatic rings. The van der Waals surface area contributed by atoms with Gasteiger partial charge in [0.25, 0.3) is 0 Å². The number of carbonyl (C=O) groups is 1. The summed E-state index contributed by atoms with van der Waals surface area (Å²) >= 11 is 0. The summed E-state index contributed by atoms with van der Waals surface area (Å²) in [6.45, 7) is 0.676. The van der Waals surface area contributed by atoms with E-state index < -0.39 is 0 Å². The van der Waals surface area contributed by atoms with Gasteiger partial charge < -0.3 is 15.5 Å². The maximum atomic E-state index is 12.4. The van der Waals surface area contributed by atoms with Crippen molar-refractivity contribution in [1.29, 1.82) is 0 Å². The second-order valence-corrected chi connectivity index (χ2v) is 7.17. The monoisotopic (exact) mass is 340 g/mol.